The molecule has 0 aliphatic heterocycles. The van der Waals surface area contributed by atoms with Gasteiger partial charge < -0.3 is 5.11 Å². The standard InChI is InChI=1S/C16H13N3O2/c1-11-4-2-6-13(8-11)19-15(9-14(18-19)16(20)21)12-5-3-7-17-10-12/h2-10H,1H3,(H,20,21). The molecule has 5 nitrogen and oxygen atoms in total. The van der Waals surface area contributed by atoms with Crippen molar-refractivity contribution in [1.82, 2.24) is 14.8 Å². The molecule has 3 aromatic rings. The summed E-state index contributed by atoms with van der Waals surface area (Å²) in [6, 6.07) is 13.0. The zero-order valence-corrected chi connectivity index (χ0v) is 11.4. The second-order valence-corrected chi connectivity index (χ2v) is 4.71. The minimum absolute atomic E-state index is 0.00959. The lowest BCUT2D eigenvalue weighted by molar-refractivity contribution is 0.0690. The van der Waals surface area contributed by atoms with E-state index in [-0.39, 0.29) is 5.69 Å². The van der Waals surface area contributed by atoms with E-state index in [0.717, 1.165) is 16.8 Å². The zero-order valence-electron chi connectivity index (χ0n) is 11.4. The number of carboxylic acid groups (broad SMARTS) is 1. The fourth-order valence-electron chi connectivity index (χ4n) is 2.16. The first-order valence-corrected chi connectivity index (χ1v) is 6.46. The molecule has 21 heavy (non-hydrogen) atoms. The minimum Gasteiger partial charge on any atom is -0.476 e. The van der Waals surface area contributed by atoms with E-state index in [1.54, 1.807) is 23.1 Å². The average Bonchev–Trinajstić information content (AvgIpc) is 2.93. The van der Waals surface area contributed by atoms with Crippen molar-refractivity contribution < 1.29 is 9.90 Å². The average molecular weight is 279 g/mol. The number of nitrogens with zero attached hydrogens (tertiary/aromatic N) is 3. The molecule has 0 fully saturated rings. The largest absolute Gasteiger partial charge is 0.476 e. The van der Waals surface area contributed by atoms with Crippen LogP contribution in [-0.2, 0) is 0 Å². The van der Waals surface area contributed by atoms with Crippen LogP contribution in [0.1, 0.15) is 16.1 Å². The minimum atomic E-state index is -1.05. The third kappa shape index (κ3) is 2.53. The Morgan fingerprint density at radius 2 is 2.05 bits per heavy atom. The predicted molar refractivity (Wildman–Crippen MR) is 78.5 cm³/mol. The molecule has 2 heterocycles. The van der Waals surface area contributed by atoms with Gasteiger partial charge in [-0.25, -0.2) is 9.48 Å². The number of carboxylic acids is 1. The van der Waals surface area contributed by atoms with Gasteiger partial charge in [-0.1, -0.05) is 12.1 Å². The van der Waals surface area contributed by atoms with Crippen molar-refractivity contribution in [3.63, 3.8) is 0 Å². The van der Waals surface area contributed by atoms with Gasteiger partial charge in [-0.15, -0.1) is 0 Å². The second-order valence-electron chi connectivity index (χ2n) is 4.71. The van der Waals surface area contributed by atoms with Crippen LogP contribution in [0.4, 0.5) is 0 Å². The van der Waals surface area contributed by atoms with E-state index in [0.29, 0.717) is 5.69 Å². The fraction of sp³-hybridized carbons (Fsp3) is 0.0625. The van der Waals surface area contributed by atoms with Crippen molar-refractivity contribution in [3.8, 4) is 16.9 Å². The first kappa shape index (κ1) is 13.1. The molecule has 0 aliphatic rings. The maximum Gasteiger partial charge on any atom is 0.356 e. The molecule has 0 unspecified atom stereocenters. The molecule has 0 saturated carbocycles. The van der Waals surface area contributed by atoms with Gasteiger partial charge in [0.05, 0.1) is 11.4 Å². The lowest BCUT2D eigenvalue weighted by Crippen LogP contribution is -2.02. The van der Waals surface area contributed by atoms with Crippen LogP contribution in [0.25, 0.3) is 16.9 Å². The van der Waals surface area contributed by atoms with E-state index < -0.39 is 5.97 Å². The van der Waals surface area contributed by atoms with Gasteiger partial charge in [0, 0.05) is 18.0 Å². The van der Waals surface area contributed by atoms with Gasteiger partial charge in [-0.2, -0.15) is 5.10 Å². The van der Waals surface area contributed by atoms with Crippen LogP contribution in [0.3, 0.4) is 0 Å². The summed E-state index contributed by atoms with van der Waals surface area (Å²) in [4.78, 5) is 15.3. The Morgan fingerprint density at radius 1 is 1.19 bits per heavy atom. The number of benzene rings is 1. The number of hydrogen-bond acceptors (Lipinski definition) is 3. The van der Waals surface area contributed by atoms with Crippen LogP contribution in [0.15, 0.2) is 54.9 Å². The van der Waals surface area contributed by atoms with Crippen molar-refractivity contribution in [2.24, 2.45) is 0 Å². The van der Waals surface area contributed by atoms with E-state index in [1.165, 1.54) is 0 Å². The number of hydrogen-bond donors (Lipinski definition) is 1. The van der Waals surface area contributed by atoms with E-state index in [9.17, 15) is 9.90 Å². The molecule has 0 saturated heterocycles. The highest BCUT2D eigenvalue weighted by atomic mass is 16.4. The molecular weight excluding hydrogens is 266 g/mol. The number of pyridine rings is 1. The summed E-state index contributed by atoms with van der Waals surface area (Å²) in [5.74, 6) is -1.05. The van der Waals surface area contributed by atoms with Crippen molar-refractivity contribution in [2.75, 3.05) is 0 Å². The summed E-state index contributed by atoms with van der Waals surface area (Å²) in [5.41, 5.74) is 3.43. The molecule has 0 spiro atoms. The van der Waals surface area contributed by atoms with Gasteiger partial charge in [0.25, 0.3) is 0 Å². The van der Waals surface area contributed by atoms with Crippen LogP contribution in [0.2, 0.25) is 0 Å². The van der Waals surface area contributed by atoms with E-state index in [1.807, 2.05) is 43.3 Å². The topological polar surface area (TPSA) is 68.0 Å². The van der Waals surface area contributed by atoms with Gasteiger partial charge in [0.15, 0.2) is 5.69 Å². The number of carbonyl (C=O) groups is 1. The van der Waals surface area contributed by atoms with Gasteiger partial charge >= 0.3 is 5.97 Å². The van der Waals surface area contributed by atoms with Crippen molar-refractivity contribution in [3.05, 3.63) is 66.1 Å². The molecule has 3 rings (SSSR count). The molecule has 1 aromatic carbocycles. The van der Waals surface area contributed by atoms with Gasteiger partial charge in [-0.3, -0.25) is 4.98 Å². The fourth-order valence-corrected chi connectivity index (χ4v) is 2.16. The van der Waals surface area contributed by atoms with Crippen LogP contribution in [0, 0.1) is 6.92 Å². The highest BCUT2D eigenvalue weighted by Crippen LogP contribution is 2.23. The second kappa shape index (κ2) is 5.20. The molecule has 1 N–H and O–H groups in total. The molecular formula is C16H13N3O2. The Morgan fingerprint density at radius 3 is 2.71 bits per heavy atom. The third-order valence-electron chi connectivity index (χ3n) is 3.13. The summed E-state index contributed by atoms with van der Waals surface area (Å²) < 4.78 is 1.63. The van der Waals surface area contributed by atoms with Crippen molar-refractivity contribution >= 4 is 5.97 Å². The number of rotatable bonds is 3. The molecule has 0 radical (unpaired) electrons. The van der Waals surface area contributed by atoms with E-state index >= 15 is 0 Å². The molecule has 0 bridgehead atoms. The molecule has 104 valence electrons. The lowest BCUT2D eigenvalue weighted by Gasteiger charge is -2.07. The van der Waals surface area contributed by atoms with Crippen LogP contribution in [0.5, 0.6) is 0 Å². The molecule has 5 heteroatoms. The van der Waals surface area contributed by atoms with Crippen LogP contribution < -0.4 is 0 Å². The van der Waals surface area contributed by atoms with Crippen LogP contribution in [-0.4, -0.2) is 25.8 Å². The summed E-state index contributed by atoms with van der Waals surface area (Å²) in [6.07, 6.45) is 3.37. The maximum atomic E-state index is 11.2. The van der Waals surface area contributed by atoms with Crippen molar-refractivity contribution in [2.45, 2.75) is 6.92 Å². The molecule has 0 atom stereocenters. The third-order valence-corrected chi connectivity index (χ3v) is 3.13. The first-order chi connectivity index (χ1) is 10.1. The molecule has 0 aliphatic carbocycles. The Kier molecular flexibility index (Phi) is 3.23. The SMILES string of the molecule is Cc1cccc(-n2nc(C(=O)O)cc2-c2cccnc2)c1. The first-order valence-electron chi connectivity index (χ1n) is 6.46. The van der Waals surface area contributed by atoms with Gasteiger partial charge in [0.2, 0.25) is 0 Å². The van der Waals surface area contributed by atoms with Gasteiger partial charge in [-0.05, 0) is 42.8 Å². The quantitative estimate of drug-likeness (QED) is 0.800. The number of aromatic nitrogens is 3. The van der Waals surface area contributed by atoms with Crippen molar-refractivity contribution in [1.29, 1.82) is 0 Å². The highest BCUT2D eigenvalue weighted by molar-refractivity contribution is 5.87. The van der Waals surface area contributed by atoms with Crippen LogP contribution >= 0.6 is 0 Å². The van der Waals surface area contributed by atoms with E-state index in [4.69, 9.17) is 0 Å². The summed E-state index contributed by atoms with van der Waals surface area (Å²) in [5, 5.41) is 13.4. The predicted octanol–water partition coefficient (Wildman–Crippen LogP) is 2.94. The normalized spacial score (nSPS) is 10.5. The maximum absolute atomic E-state index is 11.2. The Labute approximate surface area is 121 Å². The van der Waals surface area contributed by atoms with Gasteiger partial charge in [0.1, 0.15) is 0 Å². The Balaban J connectivity index is 2.21. The summed E-state index contributed by atoms with van der Waals surface area (Å²) in [6.45, 7) is 1.98. The molecule has 2 aromatic heterocycles. The zero-order chi connectivity index (χ0) is 14.8. The smallest absolute Gasteiger partial charge is 0.356 e. The summed E-state index contributed by atoms with van der Waals surface area (Å²) in [7, 11) is 0. The monoisotopic (exact) mass is 279 g/mol. The lowest BCUT2D eigenvalue weighted by atomic mass is 10.2. The number of aromatic carboxylic acids is 1. The molecule has 0 amide bonds. The Hall–Kier alpha value is -2.95. The number of aryl methyl sites for hydroxylation is 1. The summed E-state index contributed by atoms with van der Waals surface area (Å²) >= 11 is 0. The highest BCUT2D eigenvalue weighted by Gasteiger charge is 2.15. The Bertz CT molecular complexity index is 794. The van der Waals surface area contributed by atoms with E-state index in [2.05, 4.69) is 10.1 Å².